The van der Waals surface area contributed by atoms with Crippen molar-refractivity contribution in [1.82, 2.24) is 5.32 Å². The summed E-state index contributed by atoms with van der Waals surface area (Å²) in [5.41, 5.74) is 0.200. The van der Waals surface area contributed by atoms with Gasteiger partial charge in [-0.1, -0.05) is 0 Å². The van der Waals surface area contributed by atoms with Gasteiger partial charge in [0.05, 0.1) is 12.7 Å². The fourth-order valence-electron chi connectivity index (χ4n) is 2.36. The molecule has 0 aromatic heterocycles. The monoisotopic (exact) mass is 292 g/mol. The standard InChI is InChI=1S/C16H24N2O3/c1-12(17-11-16(20)8-3-9-16)10-15(19)18-13-4-6-14(21-2)7-5-13/h4-7,12,17,20H,3,8-11H2,1-2H3,(H,18,19). The molecule has 0 saturated heterocycles. The Morgan fingerprint density at radius 1 is 1.38 bits per heavy atom. The van der Waals surface area contributed by atoms with E-state index in [9.17, 15) is 9.90 Å². The molecule has 1 aliphatic carbocycles. The van der Waals surface area contributed by atoms with Gasteiger partial charge in [0.15, 0.2) is 0 Å². The Balaban J connectivity index is 1.72. The molecule has 5 nitrogen and oxygen atoms in total. The second-order valence-corrected chi connectivity index (χ2v) is 5.84. The average Bonchev–Trinajstić information content (AvgIpc) is 2.44. The summed E-state index contributed by atoms with van der Waals surface area (Å²) in [7, 11) is 1.61. The zero-order valence-electron chi connectivity index (χ0n) is 12.7. The molecule has 1 aromatic rings. The summed E-state index contributed by atoms with van der Waals surface area (Å²) in [5.74, 6) is 0.720. The number of aliphatic hydroxyl groups is 1. The highest BCUT2D eigenvalue weighted by Crippen LogP contribution is 2.30. The molecular weight excluding hydrogens is 268 g/mol. The molecule has 21 heavy (non-hydrogen) atoms. The van der Waals surface area contributed by atoms with E-state index in [1.807, 2.05) is 31.2 Å². The van der Waals surface area contributed by atoms with Crippen LogP contribution in [-0.4, -0.2) is 36.3 Å². The van der Waals surface area contributed by atoms with Crippen molar-refractivity contribution in [3.05, 3.63) is 24.3 Å². The molecule has 2 rings (SSSR count). The van der Waals surface area contributed by atoms with Crippen LogP contribution in [0.4, 0.5) is 5.69 Å². The van der Waals surface area contributed by atoms with Gasteiger partial charge in [-0.15, -0.1) is 0 Å². The van der Waals surface area contributed by atoms with Gasteiger partial charge in [-0.25, -0.2) is 0 Å². The zero-order valence-corrected chi connectivity index (χ0v) is 12.7. The lowest BCUT2D eigenvalue weighted by molar-refractivity contribution is -0.116. The summed E-state index contributed by atoms with van der Waals surface area (Å²) in [6.07, 6.45) is 3.17. The van der Waals surface area contributed by atoms with Gasteiger partial charge in [0.1, 0.15) is 5.75 Å². The lowest BCUT2D eigenvalue weighted by Crippen LogP contribution is -2.48. The van der Waals surface area contributed by atoms with Crippen molar-refractivity contribution in [3.63, 3.8) is 0 Å². The second-order valence-electron chi connectivity index (χ2n) is 5.84. The molecule has 3 N–H and O–H groups in total. The quantitative estimate of drug-likeness (QED) is 0.718. The molecule has 1 saturated carbocycles. The topological polar surface area (TPSA) is 70.6 Å². The van der Waals surface area contributed by atoms with Crippen LogP contribution in [0.1, 0.15) is 32.6 Å². The smallest absolute Gasteiger partial charge is 0.225 e. The average molecular weight is 292 g/mol. The number of amides is 1. The van der Waals surface area contributed by atoms with Gasteiger partial charge in [-0.3, -0.25) is 4.79 Å². The van der Waals surface area contributed by atoms with Crippen molar-refractivity contribution in [2.24, 2.45) is 0 Å². The van der Waals surface area contributed by atoms with E-state index < -0.39 is 5.60 Å². The number of anilines is 1. The Hall–Kier alpha value is -1.59. The Labute approximate surface area is 125 Å². The molecule has 1 fully saturated rings. The summed E-state index contributed by atoms with van der Waals surface area (Å²) in [5, 5.41) is 16.1. The van der Waals surface area contributed by atoms with Gasteiger partial charge >= 0.3 is 0 Å². The maximum absolute atomic E-state index is 11.9. The summed E-state index contributed by atoms with van der Waals surface area (Å²) in [4.78, 5) is 11.9. The maximum Gasteiger partial charge on any atom is 0.225 e. The van der Waals surface area contributed by atoms with E-state index in [0.717, 1.165) is 30.7 Å². The van der Waals surface area contributed by atoms with Crippen LogP contribution in [0.5, 0.6) is 5.75 Å². The van der Waals surface area contributed by atoms with Crippen molar-refractivity contribution in [3.8, 4) is 5.75 Å². The SMILES string of the molecule is COc1ccc(NC(=O)CC(C)NCC2(O)CCC2)cc1. The van der Waals surface area contributed by atoms with E-state index in [1.165, 1.54) is 0 Å². The number of hydrogen-bond acceptors (Lipinski definition) is 4. The number of benzene rings is 1. The molecule has 1 aliphatic rings. The minimum atomic E-state index is -0.555. The molecule has 0 aliphatic heterocycles. The highest BCUT2D eigenvalue weighted by molar-refractivity contribution is 5.91. The van der Waals surface area contributed by atoms with Gasteiger partial charge in [0.25, 0.3) is 0 Å². The van der Waals surface area contributed by atoms with Crippen molar-refractivity contribution in [2.75, 3.05) is 19.0 Å². The molecule has 116 valence electrons. The molecular formula is C16H24N2O3. The predicted molar refractivity (Wildman–Crippen MR) is 82.5 cm³/mol. The number of carbonyl (C=O) groups is 1. The summed E-state index contributed by atoms with van der Waals surface area (Å²) >= 11 is 0. The second kappa shape index (κ2) is 6.91. The molecule has 0 heterocycles. The normalized spacial score (nSPS) is 17.7. The van der Waals surface area contributed by atoms with Crippen LogP contribution in [0.15, 0.2) is 24.3 Å². The number of methoxy groups -OCH3 is 1. The number of rotatable bonds is 7. The van der Waals surface area contributed by atoms with Crippen molar-refractivity contribution in [2.45, 2.75) is 44.2 Å². The molecule has 1 unspecified atom stereocenters. The predicted octanol–water partition coefficient (Wildman–Crippen LogP) is 1.92. The first-order valence-corrected chi connectivity index (χ1v) is 7.40. The Morgan fingerprint density at radius 3 is 2.57 bits per heavy atom. The van der Waals surface area contributed by atoms with Crippen LogP contribution in [0.3, 0.4) is 0 Å². The van der Waals surface area contributed by atoms with Gasteiger partial charge in [-0.2, -0.15) is 0 Å². The molecule has 5 heteroatoms. The minimum Gasteiger partial charge on any atom is -0.497 e. The van der Waals surface area contributed by atoms with Crippen LogP contribution in [0.2, 0.25) is 0 Å². The van der Waals surface area contributed by atoms with Crippen LogP contribution < -0.4 is 15.4 Å². The van der Waals surface area contributed by atoms with E-state index >= 15 is 0 Å². The molecule has 1 amide bonds. The van der Waals surface area contributed by atoms with Gasteiger partial charge < -0.3 is 20.5 Å². The fourth-order valence-corrected chi connectivity index (χ4v) is 2.36. The minimum absolute atomic E-state index is 0.0351. The first-order valence-electron chi connectivity index (χ1n) is 7.40. The largest absolute Gasteiger partial charge is 0.497 e. The van der Waals surface area contributed by atoms with Crippen LogP contribution >= 0.6 is 0 Å². The highest BCUT2D eigenvalue weighted by Gasteiger charge is 2.34. The van der Waals surface area contributed by atoms with Crippen LogP contribution in [0, 0.1) is 0 Å². The number of carbonyl (C=O) groups excluding carboxylic acids is 1. The maximum atomic E-state index is 11.9. The first kappa shape index (κ1) is 15.8. The molecule has 0 spiro atoms. The van der Waals surface area contributed by atoms with Crippen LogP contribution in [0.25, 0.3) is 0 Å². The van der Waals surface area contributed by atoms with Gasteiger partial charge in [0.2, 0.25) is 5.91 Å². The summed E-state index contributed by atoms with van der Waals surface area (Å²) in [6, 6.07) is 7.28. The summed E-state index contributed by atoms with van der Waals surface area (Å²) in [6.45, 7) is 2.51. The number of ether oxygens (including phenoxy) is 1. The van der Waals surface area contributed by atoms with E-state index in [-0.39, 0.29) is 11.9 Å². The van der Waals surface area contributed by atoms with Gasteiger partial charge in [-0.05, 0) is 50.5 Å². The third kappa shape index (κ3) is 4.72. The van der Waals surface area contributed by atoms with E-state index in [4.69, 9.17) is 4.74 Å². The fraction of sp³-hybridized carbons (Fsp3) is 0.562. The Bertz CT molecular complexity index is 469. The van der Waals surface area contributed by atoms with E-state index in [0.29, 0.717) is 13.0 Å². The first-order chi connectivity index (χ1) is 10.0. The molecule has 1 aromatic carbocycles. The van der Waals surface area contributed by atoms with Crippen molar-refractivity contribution >= 4 is 11.6 Å². The van der Waals surface area contributed by atoms with E-state index in [1.54, 1.807) is 7.11 Å². The number of hydrogen-bond donors (Lipinski definition) is 3. The Kier molecular flexibility index (Phi) is 5.20. The molecule has 0 bridgehead atoms. The third-order valence-electron chi connectivity index (χ3n) is 3.93. The van der Waals surface area contributed by atoms with E-state index in [2.05, 4.69) is 10.6 Å². The summed E-state index contributed by atoms with van der Waals surface area (Å²) < 4.78 is 5.07. The van der Waals surface area contributed by atoms with Crippen LogP contribution in [-0.2, 0) is 4.79 Å². The van der Waals surface area contributed by atoms with Gasteiger partial charge in [0, 0.05) is 24.7 Å². The van der Waals surface area contributed by atoms with Crippen molar-refractivity contribution < 1.29 is 14.6 Å². The highest BCUT2D eigenvalue weighted by atomic mass is 16.5. The molecule has 1 atom stereocenters. The lowest BCUT2D eigenvalue weighted by Gasteiger charge is -2.37. The Morgan fingerprint density at radius 2 is 2.05 bits per heavy atom. The molecule has 0 radical (unpaired) electrons. The van der Waals surface area contributed by atoms with Crippen molar-refractivity contribution in [1.29, 1.82) is 0 Å². The zero-order chi connectivity index (χ0) is 15.3. The number of nitrogens with one attached hydrogen (secondary N) is 2. The lowest BCUT2D eigenvalue weighted by atomic mass is 9.80. The third-order valence-corrected chi connectivity index (χ3v) is 3.93.